The Balaban J connectivity index is 1.87. The minimum absolute atomic E-state index is 0.0118. The van der Waals surface area contributed by atoms with Crippen molar-refractivity contribution < 1.29 is 9.72 Å². The molecule has 0 aliphatic rings. The number of carbonyl (C=O) groups excluding carboxylic acids is 1. The molecule has 8 heteroatoms. The average molecular weight is 317 g/mol. The third-order valence-corrected chi connectivity index (χ3v) is 3.38. The zero-order valence-corrected chi connectivity index (χ0v) is 11.8. The first kappa shape index (κ1) is 14.0. The number of pyridine rings is 1. The van der Waals surface area contributed by atoms with E-state index < -0.39 is 10.8 Å². The van der Waals surface area contributed by atoms with Crippen LogP contribution in [0.3, 0.4) is 0 Å². The second-order valence-corrected chi connectivity index (χ2v) is 4.90. The number of hydrogen-bond donors (Lipinski definition) is 1. The summed E-state index contributed by atoms with van der Waals surface area (Å²) in [5.41, 5.74) is 1.24. The predicted molar refractivity (Wildman–Crippen MR) is 81.3 cm³/mol. The van der Waals surface area contributed by atoms with Crippen molar-refractivity contribution in [1.82, 2.24) is 9.61 Å². The zero-order chi connectivity index (χ0) is 15.7. The number of rotatable bonds is 3. The van der Waals surface area contributed by atoms with Crippen LogP contribution in [0.5, 0.6) is 0 Å². The molecule has 2 aromatic heterocycles. The third kappa shape index (κ3) is 2.61. The Morgan fingerprint density at radius 1 is 1.27 bits per heavy atom. The first-order valence-electron chi connectivity index (χ1n) is 6.23. The molecule has 0 bridgehead atoms. The van der Waals surface area contributed by atoms with Crippen molar-refractivity contribution in [2.24, 2.45) is 0 Å². The van der Waals surface area contributed by atoms with Crippen LogP contribution >= 0.6 is 11.6 Å². The van der Waals surface area contributed by atoms with E-state index in [9.17, 15) is 14.9 Å². The van der Waals surface area contributed by atoms with Crippen molar-refractivity contribution in [3.8, 4) is 0 Å². The molecule has 22 heavy (non-hydrogen) atoms. The molecule has 7 nitrogen and oxygen atoms in total. The summed E-state index contributed by atoms with van der Waals surface area (Å²) >= 11 is 5.73. The van der Waals surface area contributed by atoms with E-state index >= 15 is 0 Å². The summed E-state index contributed by atoms with van der Waals surface area (Å²) in [5, 5.41) is 17.6. The molecule has 0 atom stereocenters. The standard InChI is InChI=1S/C14H9ClN4O3/c15-12-2-1-9(7-13(12)19(21)22)14(20)17-10-4-6-18-11(8-10)3-5-16-18/h1-8H,(H,17,20). The first-order chi connectivity index (χ1) is 10.5. The van der Waals surface area contributed by atoms with E-state index in [0.717, 1.165) is 11.6 Å². The zero-order valence-electron chi connectivity index (χ0n) is 11.1. The number of amides is 1. The lowest BCUT2D eigenvalue weighted by Gasteiger charge is -2.06. The average Bonchev–Trinajstić information content (AvgIpc) is 2.94. The van der Waals surface area contributed by atoms with Gasteiger partial charge in [-0.15, -0.1) is 0 Å². The van der Waals surface area contributed by atoms with Crippen LogP contribution in [0, 0.1) is 10.1 Å². The molecule has 0 aliphatic carbocycles. The summed E-state index contributed by atoms with van der Waals surface area (Å²) in [5.74, 6) is -0.455. The van der Waals surface area contributed by atoms with E-state index in [1.807, 2.05) is 0 Å². The van der Waals surface area contributed by atoms with Gasteiger partial charge in [0.25, 0.3) is 11.6 Å². The number of nitro benzene ring substituents is 1. The minimum atomic E-state index is -0.628. The maximum Gasteiger partial charge on any atom is 0.288 e. The largest absolute Gasteiger partial charge is 0.322 e. The normalized spacial score (nSPS) is 10.6. The van der Waals surface area contributed by atoms with Crippen molar-refractivity contribution in [1.29, 1.82) is 0 Å². The summed E-state index contributed by atoms with van der Waals surface area (Å²) in [6.45, 7) is 0. The summed E-state index contributed by atoms with van der Waals surface area (Å²) in [6.07, 6.45) is 3.35. The maximum atomic E-state index is 12.2. The van der Waals surface area contributed by atoms with Crippen molar-refractivity contribution in [2.45, 2.75) is 0 Å². The number of halogens is 1. The Kier molecular flexibility index (Phi) is 3.48. The van der Waals surface area contributed by atoms with E-state index in [0.29, 0.717) is 5.69 Å². The second-order valence-electron chi connectivity index (χ2n) is 4.49. The van der Waals surface area contributed by atoms with Crippen LogP contribution in [0.4, 0.5) is 11.4 Å². The quantitative estimate of drug-likeness (QED) is 0.593. The molecule has 1 amide bonds. The number of carbonyl (C=O) groups is 1. The smallest absolute Gasteiger partial charge is 0.288 e. The van der Waals surface area contributed by atoms with Gasteiger partial charge in [-0.05, 0) is 30.3 Å². The van der Waals surface area contributed by atoms with Crippen LogP contribution < -0.4 is 5.32 Å². The second kappa shape index (κ2) is 5.45. The number of fused-ring (bicyclic) bond motifs is 1. The van der Waals surface area contributed by atoms with Crippen LogP contribution in [0.25, 0.3) is 5.52 Å². The van der Waals surface area contributed by atoms with E-state index in [1.54, 1.807) is 35.1 Å². The van der Waals surface area contributed by atoms with Crippen molar-refractivity contribution >= 4 is 34.4 Å². The number of nitrogens with one attached hydrogen (secondary N) is 1. The predicted octanol–water partition coefficient (Wildman–Crippen LogP) is 3.15. The molecule has 0 saturated carbocycles. The monoisotopic (exact) mass is 316 g/mol. The Morgan fingerprint density at radius 2 is 2.09 bits per heavy atom. The highest BCUT2D eigenvalue weighted by molar-refractivity contribution is 6.32. The van der Waals surface area contributed by atoms with Gasteiger partial charge in [0.1, 0.15) is 5.02 Å². The molecule has 1 N–H and O–H groups in total. The van der Waals surface area contributed by atoms with Gasteiger partial charge in [-0.2, -0.15) is 5.10 Å². The molecule has 0 fully saturated rings. The van der Waals surface area contributed by atoms with Gasteiger partial charge in [0.15, 0.2) is 0 Å². The van der Waals surface area contributed by atoms with E-state index in [-0.39, 0.29) is 16.3 Å². The van der Waals surface area contributed by atoms with Crippen molar-refractivity contribution in [3.63, 3.8) is 0 Å². The molecule has 110 valence electrons. The molecular weight excluding hydrogens is 308 g/mol. The lowest BCUT2D eigenvalue weighted by Crippen LogP contribution is -2.12. The number of hydrogen-bond acceptors (Lipinski definition) is 4. The summed E-state index contributed by atoms with van der Waals surface area (Å²) in [6, 6.07) is 9.13. The molecule has 3 rings (SSSR count). The fourth-order valence-electron chi connectivity index (χ4n) is 2.00. The molecule has 0 radical (unpaired) electrons. The molecule has 0 unspecified atom stereocenters. The summed E-state index contributed by atoms with van der Waals surface area (Å²) in [4.78, 5) is 22.4. The fraction of sp³-hybridized carbons (Fsp3) is 0. The molecule has 0 spiro atoms. The van der Waals surface area contributed by atoms with Crippen LogP contribution in [-0.4, -0.2) is 20.4 Å². The van der Waals surface area contributed by atoms with Crippen LogP contribution in [-0.2, 0) is 0 Å². The molecule has 0 saturated heterocycles. The molecule has 0 aliphatic heterocycles. The Bertz CT molecular complexity index is 891. The highest BCUT2D eigenvalue weighted by atomic mass is 35.5. The van der Waals surface area contributed by atoms with E-state index in [1.165, 1.54) is 12.1 Å². The Morgan fingerprint density at radius 3 is 2.86 bits per heavy atom. The Labute approximate surface area is 129 Å². The van der Waals surface area contributed by atoms with Gasteiger partial charge in [0.05, 0.1) is 10.4 Å². The van der Waals surface area contributed by atoms with Gasteiger partial charge >= 0.3 is 0 Å². The van der Waals surface area contributed by atoms with Gasteiger partial charge in [-0.3, -0.25) is 14.9 Å². The van der Waals surface area contributed by atoms with Gasteiger partial charge in [0.2, 0.25) is 0 Å². The fourth-order valence-corrected chi connectivity index (χ4v) is 2.18. The van der Waals surface area contributed by atoms with Gasteiger partial charge in [-0.25, -0.2) is 4.52 Å². The molecular formula is C14H9ClN4O3. The number of benzene rings is 1. The third-order valence-electron chi connectivity index (χ3n) is 3.06. The summed E-state index contributed by atoms with van der Waals surface area (Å²) < 4.78 is 1.66. The SMILES string of the molecule is O=C(Nc1ccn2nccc2c1)c1ccc(Cl)c([N+](=O)[O-])c1. The van der Waals surface area contributed by atoms with E-state index in [4.69, 9.17) is 11.6 Å². The molecule has 1 aromatic carbocycles. The minimum Gasteiger partial charge on any atom is -0.322 e. The van der Waals surface area contributed by atoms with Crippen molar-refractivity contribution in [2.75, 3.05) is 5.32 Å². The van der Waals surface area contributed by atoms with Crippen molar-refractivity contribution in [3.05, 3.63) is 69.5 Å². The number of aromatic nitrogens is 2. The number of nitro groups is 1. The highest BCUT2D eigenvalue weighted by Gasteiger charge is 2.16. The van der Waals surface area contributed by atoms with Crippen LogP contribution in [0.15, 0.2) is 48.8 Å². The number of nitrogens with zero attached hydrogens (tertiary/aromatic N) is 3. The first-order valence-corrected chi connectivity index (χ1v) is 6.61. The van der Waals surface area contributed by atoms with Crippen LogP contribution in [0.1, 0.15) is 10.4 Å². The van der Waals surface area contributed by atoms with Gasteiger partial charge < -0.3 is 5.32 Å². The maximum absolute atomic E-state index is 12.2. The summed E-state index contributed by atoms with van der Waals surface area (Å²) in [7, 11) is 0. The molecule has 3 aromatic rings. The lowest BCUT2D eigenvalue weighted by molar-refractivity contribution is -0.384. The van der Waals surface area contributed by atoms with E-state index in [2.05, 4.69) is 10.4 Å². The Hall–Kier alpha value is -2.93. The van der Waals surface area contributed by atoms with Gasteiger partial charge in [0, 0.05) is 29.7 Å². The lowest BCUT2D eigenvalue weighted by atomic mass is 10.2. The number of anilines is 1. The highest BCUT2D eigenvalue weighted by Crippen LogP contribution is 2.25. The topological polar surface area (TPSA) is 89.5 Å². The van der Waals surface area contributed by atoms with Crippen LogP contribution in [0.2, 0.25) is 5.02 Å². The molecule has 2 heterocycles. The van der Waals surface area contributed by atoms with Gasteiger partial charge in [-0.1, -0.05) is 11.6 Å².